The second-order valence-electron chi connectivity index (χ2n) is 8.28. The number of esters is 1. The molecule has 0 aromatic carbocycles. The van der Waals surface area contributed by atoms with Crippen molar-refractivity contribution in [3.05, 3.63) is 45.2 Å². The van der Waals surface area contributed by atoms with Crippen LogP contribution in [0.5, 0.6) is 0 Å². The Morgan fingerprint density at radius 3 is 2.63 bits per heavy atom. The van der Waals surface area contributed by atoms with Crippen LogP contribution >= 0.6 is 11.3 Å². The molecule has 0 spiro atoms. The van der Waals surface area contributed by atoms with Gasteiger partial charge in [0.05, 0.1) is 32.9 Å². The van der Waals surface area contributed by atoms with E-state index >= 15 is 0 Å². The number of hydrogen-bond acceptors (Lipinski definition) is 7. The molecular formula is C22H30N4O3S. The fourth-order valence-corrected chi connectivity index (χ4v) is 4.35. The summed E-state index contributed by atoms with van der Waals surface area (Å²) in [5.41, 5.74) is 3.69. The van der Waals surface area contributed by atoms with Crippen molar-refractivity contribution in [2.75, 3.05) is 0 Å². The van der Waals surface area contributed by atoms with Crippen LogP contribution in [0.15, 0.2) is 17.8 Å². The van der Waals surface area contributed by atoms with E-state index < -0.39 is 23.8 Å². The molecule has 2 N–H and O–H groups in total. The highest BCUT2D eigenvalue weighted by Gasteiger charge is 2.46. The lowest BCUT2D eigenvalue weighted by molar-refractivity contribution is -0.125. The largest absolute Gasteiger partial charge is 0.453 e. The van der Waals surface area contributed by atoms with Gasteiger partial charge >= 0.3 is 5.97 Å². The van der Waals surface area contributed by atoms with Gasteiger partial charge in [0.25, 0.3) is 0 Å². The van der Waals surface area contributed by atoms with Gasteiger partial charge in [-0.2, -0.15) is 0 Å². The number of amides is 1. The third-order valence-electron chi connectivity index (χ3n) is 5.79. The molecule has 2 aromatic rings. The predicted octanol–water partition coefficient (Wildman–Crippen LogP) is 3.85. The van der Waals surface area contributed by atoms with Gasteiger partial charge in [-0.15, -0.1) is 11.3 Å². The first kappa shape index (κ1) is 22.4. The first-order valence-electron chi connectivity index (χ1n) is 10.4. The van der Waals surface area contributed by atoms with Gasteiger partial charge in [-0.3, -0.25) is 15.1 Å². The van der Waals surface area contributed by atoms with Gasteiger partial charge in [-0.1, -0.05) is 27.2 Å². The fourth-order valence-electron chi connectivity index (χ4n) is 3.56. The van der Waals surface area contributed by atoms with Crippen LogP contribution in [0.3, 0.4) is 0 Å². The van der Waals surface area contributed by atoms with Crippen molar-refractivity contribution >= 4 is 23.2 Å². The minimum absolute atomic E-state index is 0.0755. The summed E-state index contributed by atoms with van der Waals surface area (Å²) in [6.45, 7) is 11.7. The molecule has 3 atom stereocenters. The van der Waals surface area contributed by atoms with Crippen LogP contribution in [0.4, 0.5) is 0 Å². The maximum Gasteiger partial charge on any atom is 0.340 e. The molecule has 3 rings (SSSR count). The number of carbonyl (C=O) groups is 2. The summed E-state index contributed by atoms with van der Waals surface area (Å²) >= 11 is 1.47. The summed E-state index contributed by atoms with van der Waals surface area (Å²) in [4.78, 5) is 35.5. The molecule has 1 aliphatic heterocycles. The molecular weight excluding hydrogens is 400 g/mol. The van der Waals surface area contributed by atoms with Crippen molar-refractivity contribution in [2.24, 2.45) is 5.92 Å². The summed E-state index contributed by atoms with van der Waals surface area (Å²) in [5, 5.41) is 6.28. The maximum atomic E-state index is 13.2. The van der Waals surface area contributed by atoms with E-state index in [9.17, 15) is 9.59 Å². The second-order valence-corrected chi connectivity index (χ2v) is 9.17. The minimum Gasteiger partial charge on any atom is -0.453 e. The zero-order chi connectivity index (χ0) is 22.1. The van der Waals surface area contributed by atoms with Crippen LogP contribution in [0.2, 0.25) is 0 Å². The zero-order valence-corrected chi connectivity index (χ0v) is 19.2. The zero-order valence-electron chi connectivity index (χ0n) is 18.4. The lowest BCUT2D eigenvalue weighted by Crippen LogP contribution is -2.48. The van der Waals surface area contributed by atoms with E-state index in [2.05, 4.69) is 27.5 Å². The number of ether oxygens (including phenoxy) is 1. The average molecular weight is 431 g/mol. The number of aryl methyl sites for hydroxylation is 2. The summed E-state index contributed by atoms with van der Waals surface area (Å²) < 4.78 is 5.77. The molecule has 0 bridgehead atoms. The Balaban J connectivity index is 1.92. The Bertz CT molecular complexity index is 942. The van der Waals surface area contributed by atoms with E-state index in [1.165, 1.54) is 11.3 Å². The highest BCUT2D eigenvalue weighted by Crippen LogP contribution is 2.30. The van der Waals surface area contributed by atoms with Gasteiger partial charge in [0.2, 0.25) is 5.91 Å². The molecule has 162 valence electrons. The van der Waals surface area contributed by atoms with E-state index in [0.29, 0.717) is 11.3 Å². The van der Waals surface area contributed by atoms with Crippen LogP contribution < -0.4 is 10.6 Å². The van der Waals surface area contributed by atoms with Crippen LogP contribution in [0.25, 0.3) is 0 Å². The molecule has 3 heterocycles. The molecule has 0 radical (unpaired) electrons. The van der Waals surface area contributed by atoms with Crippen LogP contribution in [0, 0.1) is 12.8 Å². The van der Waals surface area contributed by atoms with E-state index in [1.807, 2.05) is 40.7 Å². The maximum absolute atomic E-state index is 13.2. The summed E-state index contributed by atoms with van der Waals surface area (Å²) in [6, 6.07) is 1.83. The van der Waals surface area contributed by atoms with Crippen molar-refractivity contribution in [2.45, 2.75) is 72.2 Å². The van der Waals surface area contributed by atoms with Crippen molar-refractivity contribution in [1.29, 1.82) is 0 Å². The van der Waals surface area contributed by atoms with Gasteiger partial charge < -0.3 is 10.1 Å². The summed E-state index contributed by atoms with van der Waals surface area (Å²) in [5.74, 6) is -0.480. The molecule has 2 aromatic heterocycles. The molecule has 1 amide bonds. The summed E-state index contributed by atoms with van der Waals surface area (Å²) in [6.07, 6.45) is 2.55. The van der Waals surface area contributed by atoms with Gasteiger partial charge in [0.1, 0.15) is 12.3 Å². The highest BCUT2D eigenvalue weighted by atomic mass is 32.1. The van der Waals surface area contributed by atoms with E-state index in [-0.39, 0.29) is 11.8 Å². The van der Waals surface area contributed by atoms with Gasteiger partial charge in [-0.25, -0.2) is 9.78 Å². The third-order valence-corrected chi connectivity index (χ3v) is 6.88. The van der Waals surface area contributed by atoms with Gasteiger partial charge in [0.15, 0.2) is 0 Å². The quantitative estimate of drug-likeness (QED) is 0.648. The minimum atomic E-state index is -0.733. The SMILES string of the molecule is CCCc1cnc(C2NC(=O)C(C)(C(C)C)N2)c(C(=O)OC(C)c2scnc2C)c1. The van der Waals surface area contributed by atoms with Crippen LogP contribution in [0.1, 0.15) is 85.5 Å². The van der Waals surface area contributed by atoms with Crippen LogP contribution in [-0.2, 0) is 16.0 Å². The van der Waals surface area contributed by atoms with E-state index in [4.69, 9.17) is 4.74 Å². The first-order chi connectivity index (χ1) is 14.2. The highest BCUT2D eigenvalue weighted by molar-refractivity contribution is 7.09. The Labute approximate surface area is 181 Å². The molecule has 0 aliphatic carbocycles. The Morgan fingerprint density at radius 1 is 1.33 bits per heavy atom. The second kappa shape index (κ2) is 8.81. The Kier molecular flexibility index (Phi) is 6.57. The topological polar surface area (TPSA) is 93.2 Å². The first-order valence-corrected chi connectivity index (χ1v) is 11.2. The normalized spacial score (nSPS) is 22.2. The Morgan fingerprint density at radius 2 is 2.07 bits per heavy atom. The number of nitrogens with one attached hydrogen (secondary N) is 2. The molecule has 30 heavy (non-hydrogen) atoms. The molecule has 7 nitrogen and oxygen atoms in total. The fraction of sp³-hybridized carbons (Fsp3) is 0.545. The predicted molar refractivity (Wildman–Crippen MR) is 116 cm³/mol. The van der Waals surface area contributed by atoms with Crippen LogP contribution in [-0.4, -0.2) is 27.4 Å². The summed E-state index contributed by atoms with van der Waals surface area (Å²) in [7, 11) is 0. The standard InChI is InChI=1S/C22H30N4O3S/c1-7-8-15-9-16(20(27)29-14(5)18-13(4)24-11-30-18)17(23-10-15)19-25-21(28)22(6,26-19)12(2)3/h9-12,14,19,26H,7-8H2,1-6H3,(H,25,28). The molecule has 8 heteroatoms. The number of pyridine rings is 1. The number of nitrogens with zero attached hydrogens (tertiary/aromatic N) is 2. The molecule has 1 aliphatic rings. The van der Waals surface area contributed by atoms with E-state index in [1.54, 1.807) is 11.7 Å². The number of hydrogen-bond donors (Lipinski definition) is 2. The number of carbonyl (C=O) groups excluding carboxylic acids is 2. The lowest BCUT2D eigenvalue weighted by atomic mass is 9.89. The van der Waals surface area contributed by atoms with Gasteiger partial charge in [-0.05, 0) is 44.7 Å². The Hall–Kier alpha value is -2.32. The van der Waals surface area contributed by atoms with Crippen molar-refractivity contribution in [3.8, 4) is 0 Å². The number of aromatic nitrogens is 2. The molecule has 0 saturated carbocycles. The number of rotatable bonds is 7. The lowest BCUT2D eigenvalue weighted by Gasteiger charge is -2.26. The third kappa shape index (κ3) is 4.25. The molecule has 3 unspecified atom stereocenters. The molecule has 1 fully saturated rings. The van der Waals surface area contributed by atoms with Gasteiger partial charge in [0, 0.05) is 6.20 Å². The molecule has 1 saturated heterocycles. The van der Waals surface area contributed by atoms with Crippen molar-refractivity contribution in [1.82, 2.24) is 20.6 Å². The van der Waals surface area contributed by atoms with E-state index in [0.717, 1.165) is 29.0 Å². The number of thiazole rings is 1. The van der Waals surface area contributed by atoms with Crippen molar-refractivity contribution < 1.29 is 14.3 Å². The van der Waals surface area contributed by atoms with Crippen molar-refractivity contribution in [3.63, 3.8) is 0 Å². The monoisotopic (exact) mass is 430 g/mol. The smallest absolute Gasteiger partial charge is 0.340 e. The average Bonchev–Trinajstić information content (AvgIpc) is 3.25.